The highest BCUT2D eigenvalue weighted by molar-refractivity contribution is 5.98. The molecule has 0 atom stereocenters. The van der Waals surface area contributed by atoms with Gasteiger partial charge in [-0.25, -0.2) is 0 Å². The lowest BCUT2D eigenvalue weighted by molar-refractivity contribution is -0.132. The average Bonchev–Trinajstić information content (AvgIpc) is 3.04. The first kappa shape index (κ1) is 18.8. The zero-order valence-electron chi connectivity index (χ0n) is 15.8. The van der Waals surface area contributed by atoms with E-state index in [1.165, 1.54) is 6.08 Å². The van der Waals surface area contributed by atoms with E-state index in [-0.39, 0.29) is 11.8 Å². The first-order valence-corrected chi connectivity index (χ1v) is 9.17. The van der Waals surface area contributed by atoms with Gasteiger partial charge < -0.3 is 14.8 Å². The lowest BCUT2D eigenvalue weighted by Crippen LogP contribution is -2.39. The van der Waals surface area contributed by atoms with Gasteiger partial charge in [-0.2, -0.15) is 0 Å². The van der Waals surface area contributed by atoms with Crippen LogP contribution in [0.1, 0.15) is 31.1 Å². The second-order valence-electron chi connectivity index (χ2n) is 7.16. The number of carbonyl (C=O) groups is 2. The summed E-state index contributed by atoms with van der Waals surface area (Å²) in [5.74, 6) is 2.19. The first-order chi connectivity index (χ1) is 13.0. The minimum atomic E-state index is -0.256. The summed E-state index contributed by atoms with van der Waals surface area (Å²) in [6.07, 6.45) is 2.44. The lowest BCUT2D eigenvalue weighted by Gasteiger charge is -2.28. The zero-order chi connectivity index (χ0) is 19.4. The van der Waals surface area contributed by atoms with E-state index in [0.717, 1.165) is 30.2 Å². The molecule has 0 bridgehead atoms. The van der Waals surface area contributed by atoms with Crippen molar-refractivity contribution in [3.63, 3.8) is 0 Å². The zero-order valence-corrected chi connectivity index (χ0v) is 15.8. The smallest absolute Gasteiger partial charge is 0.247 e. The molecule has 2 amide bonds. The largest absolute Gasteiger partial charge is 0.333 e. The summed E-state index contributed by atoms with van der Waals surface area (Å²) in [5.41, 5.74) is 1.59. The van der Waals surface area contributed by atoms with Crippen molar-refractivity contribution in [1.29, 1.82) is 0 Å². The number of rotatable bonds is 6. The second-order valence-corrected chi connectivity index (χ2v) is 7.16. The normalized spacial score (nSPS) is 13.4. The molecule has 2 aromatic rings. The van der Waals surface area contributed by atoms with Crippen LogP contribution in [0, 0.1) is 5.92 Å². The highest BCUT2D eigenvalue weighted by Gasteiger charge is 2.24. The van der Waals surface area contributed by atoms with Gasteiger partial charge in [-0.1, -0.05) is 32.6 Å². The van der Waals surface area contributed by atoms with E-state index >= 15 is 0 Å². The molecule has 142 valence electrons. The molecule has 0 radical (unpaired) electrons. The van der Waals surface area contributed by atoms with Crippen molar-refractivity contribution in [3.05, 3.63) is 54.1 Å². The maximum absolute atomic E-state index is 12.7. The molecule has 0 unspecified atom stereocenters. The van der Waals surface area contributed by atoms with Crippen molar-refractivity contribution in [1.82, 2.24) is 19.7 Å². The number of anilines is 1. The molecule has 2 heterocycles. The van der Waals surface area contributed by atoms with Crippen LogP contribution < -0.4 is 5.32 Å². The molecule has 1 N–H and O–H groups in total. The number of carbonyl (C=O) groups excluding carboxylic acids is 2. The van der Waals surface area contributed by atoms with Crippen LogP contribution in [0.3, 0.4) is 0 Å². The molecule has 1 aromatic carbocycles. The maximum atomic E-state index is 12.7. The fraction of sp³-hybridized carbons (Fsp3) is 0.400. The third-order valence-electron chi connectivity index (χ3n) is 4.54. The van der Waals surface area contributed by atoms with Crippen LogP contribution in [0.4, 0.5) is 5.69 Å². The van der Waals surface area contributed by atoms with E-state index in [1.807, 2.05) is 17.0 Å². The van der Waals surface area contributed by atoms with Gasteiger partial charge in [0.15, 0.2) is 5.82 Å². The minimum absolute atomic E-state index is 0.0672. The number of nitrogens with one attached hydrogen (secondary N) is 1. The molecule has 0 saturated carbocycles. The minimum Gasteiger partial charge on any atom is -0.333 e. The molecule has 27 heavy (non-hydrogen) atoms. The van der Waals surface area contributed by atoms with Gasteiger partial charge in [-0.3, -0.25) is 9.59 Å². The predicted molar refractivity (Wildman–Crippen MR) is 103 cm³/mol. The van der Waals surface area contributed by atoms with Gasteiger partial charge in [-0.15, -0.1) is 10.2 Å². The average molecular weight is 367 g/mol. The molecule has 3 rings (SSSR count). The number of hydrogen-bond donors (Lipinski definition) is 1. The molecule has 1 aliphatic rings. The van der Waals surface area contributed by atoms with Gasteiger partial charge in [0.05, 0.1) is 13.0 Å². The van der Waals surface area contributed by atoms with Gasteiger partial charge >= 0.3 is 0 Å². The lowest BCUT2D eigenvalue weighted by atomic mass is 10.1. The van der Waals surface area contributed by atoms with Crippen LogP contribution in [-0.2, 0) is 35.5 Å². The molecule has 1 aromatic heterocycles. The van der Waals surface area contributed by atoms with Crippen molar-refractivity contribution in [2.75, 3.05) is 11.9 Å². The summed E-state index contributed by atoms with van der Waals surface area (Å²) in [6.45, 7) is 9.65. The van der Waals surface area contributed by atoms with Crippen molar-refractivity contribution in [2.45, 2.75) is 39.8 Å². The van der Waals surface area contributed by atoms with E-state index < -0.39 is 0 Å². The number of hydrogen-bond acceptors (Lipinski definition) is 4. The summed E-state index contributed by atoms with van der Waals surface area (Å²) >= 11 is 0. The maximum Gasteiger partial charge on any atom is 0.247 e. The van der Waals surface area contributed by atoms with Crippen LogP contribution >= 0.6 is 0 Å². The summed E-state index contributed by atoms with van der Waals surface area (Å²) < 4.78 is 2.14. The highest BCUT2D eigenvalue weighted by atomic mass is 16.2. The highest BCUT2D eigenvalue weighted by Crippen LogP contribution is 2.17. The monoisotopic (exact) mass is 367 g/mol. The van der Waals surface area contributed by atoms with E-state index in [2.05, 4.69) is 40.5 Å². The number of aromatic nitrogens is 3. The van der Waals surface area contributed by atoms with Gasteiger partial charge in [0.25, 0.3) is 0 Å². The Morgan fingerprint density at radius 1 is 1.22 bits per heavy atom. The number of nitrogens with zero attached hydrogens (tertiary/aromatic N) is 4. The molecular weight excluding hydrogens is 342 g/mol. The summed E-state index contributed by atoms with van der Waals surface area (Å²) in [6, 6.07) is 7.28. The van der Waals surface area contributed by atoms with Gasteiger partial charge in [0, 0.05) is 25.2 Å². The van der Waals surface area contributed by atoms with Crippen molar-refractivity contribution in [3.8, 4) is 0 Å². The topological polar surface area (TPSA) is 80.1 Å². The number of fused-ring (bicyclic) bond motifs is 1. The summed E-state index contributed by atoms with van der Waals surface area (Å²) in [4.78, 5) is 25.8. The standard InChI is InChI=1S/C20H25N5O2/c1-4-19(26)21-16-7-5-15(6-8-16)12-20(27)24-9-10-25-17(11-14(2)3)22-23-18(25)13-24/h4-8,14H,1,9-13H2,2-3H3,(H,21,26). The third kappa shape index (κ3) is 4.61. The van der Waals surface area contributed by atoms with Crippen molar-refractivity contribution >= 4 is 17.5 Å². The number of amides is 2. The quantitative estimate of drug-likeness (QED) is 0.794. The molecule has 1 aliphatic heterocycles. The summed E-state index contributed by atoms with van der Waals surface area (Å²) in [7, 11) is 0. The number of benzene rings is 1. The van der Waals surface area contributed by atoms with Crippen LogP contribution in [0.5, 0.6) is 0 Å². The predicted octanol–water partition coefficient (Wildman–Crippen LogP) is 2.19. The molecule has 0 spiro atoms. The second kappa shape index (κ2) is 8.16. The Morgan fingerprint density at radius 3 is 2.63 bits per heavy atom. The third-order valence-corrected chi connectivity index (χ3v) is 4.54. The molecule has 7 heteroatoms. The fourth-order valence-electron chi connectivity index (χ4n) is 3.13. The fourth-order valence-corrected chi connectivity index (χ4v) is 3.13. The van der Waals surface area contributed by atoms with E-state index in [4.69, 9.17) is 0 Å². The van der Waals surface area contributed by atoms with Crippen LogP contribution in [0.15, 0.2) is 36.9 Å². The van der Waals surface area contributed by atoms with Gasteiger partial charge in [0.1, 0.15) is 5.82 Å². The van der Waals surface area contributed by atoms with Gasteiger partial charge in [-0.05, 0) is 29.7 Å². The van der Waals surface area contributed by atoms with E-state index in [0.29, 0.717) is 31.1 Å². The van der Waals surface area contributed by atoms with Crippen LogP contribution in [0.2, 0.25) is 0 Å². The Bertz CT molecular complexity index is 839. The Morgan fingerprint density at radius 2 is 1.96 bits per heavy atom. The van der Waals surface area contributed by atoms with Crippen LogP contribution in [-0.4, -0.2) is 38.0 Å². The van der Waals surface area contributed by atoms with Crippen molar-refractivity contribution < 1.29 is 9.59 Å². The Labute approximate surface area is 159 Å². The van der Waals surface area contributed by atoms with E-state index in [9.17, 15) is 9.59 Å². The molecule has 7 nitrogen and oxygen atoms in total. The molecule has 0 saturated heterocycles. The van der Waals surface area contributed by atoms with Gasteiger partial charge in [0.2, 0.25) is 11.8 Å². The molecule has 0 fully saturated rings. The first-order valence-electron chi connectivity index (χ1n) is 9.17. The Balaban J connectivity index is 1.60. The Hall–Kier alpha value is -2.96. The molecular formula is C20H25N5O2. The van der Waals surface area contributed by atoms with Crippen molar-refractivity contribution in [2.24, 2.45) is 5.92 Å². The molecule has 0 aliphatic carbocycles. The SMILES string of the molecule is C=CC(=O)Nc1ccc(CC(=O)N2CCn3c(CC(C)C)nnc3C2)cc1. The van der Waals surface area contributed by atoms with Crippen LogP contribution in [0.25, 0.3) is 0 Å². The summed E-state index contributed by atoms with van der Waals surface area (Å²) in [5, 5.41) is 11.2. The Kier molecular flexibility index (Phi) is 5.69. The van der Waals surface area contributed by atoms with E-state index in [1.54, 1.807) is 12.1 Å².